The molecule has 1 atom stereocenters. The fourth-order valence-electron chi connectivity index (χ4n) is 2.33. The van der Waals surface area contributed by atoms with E-state index >= 15 is 0 Å². The van der Waals surface area contributed by atoms with E-state index in [2.05, 4.69) is 5.32 Å². The van der Waals surface area contributed by atoms with Gasteiger partial charge < -0.3 is 19.5 Å². The molecular weight excluding hydrogens is 282 g/mol. The van der Waals surface area contributed by atoms with Crippen molar-refractivity contribution in [2.75, 3.05) is 32.2 Å². The highest BCUT2D eigenvalue weighted by Crippen LogP contribution is 2.42. The summed E-state index contributed by atoms with van der Waals surface area (Å²) in [5.74, 6) is 0.982. The summed E-state index contributed by atoms with van der Waals surface area (Å²) in [7, 11) is 1.59. The second-order valence-electron chi connectivity index (χ2n) is 5.61. The highest BCUT2D eigenvalue weighted by Gasteiger charge is 2.47. The number of methoxy groups -OCH3 is 1. The van der Waals surface area contributed by atoms with Gasteiger partial charge in [-0.1, -0.05) is 0 Å². The average Bonchev–Trinajstić information content (AvgIpc) is 3.37. The Morgan fingerprint density at radius 1 is 1.27 bits per heavy atom. The lowest BCUT2D eigenvalue weighted by Crippen LogP contribution is -2.43. The molecule has 0 aromatic heterocycles. The van der Waals surface area contributed by atoms with Gasteiger partial charge in [0.1, 0.15) is 18.0 Å². The van der Waals surface area contributed by atoms with Crippen LogP contribution in [0, 0.1) is 5.92 Å². The van der Waals surface area contributed by atoms with Crippen molar-refractivity contribution < 1.29 is 19.0 Å². The van der Waals surface area contributed by atoms with Gasteiger partial charge in [-0.25, -0.2) is 0 Å². The maximum absolute atomic E-state index is 12.4. The Balaban J connectivity index is 1.86. The van der Waals surface area contributed by atoms with E-state index in [0.29, 0.717) is 25.7 Å². The van der Waals surface area contributed by atoms with Crippen LogP contribution in [0.5, 0.6) is 5.75 Å². The average molecular weight is 307 g/mol. The Bertz CT molecular complexity index is 484. The number of carbonyl (C=O) groups excluding carboxylic acids is 1. The number of anilines is 1. The molecule has 0 unspecified atom stereocenters. The molecule has 0 spiro atoms. The zero-order chi connectivity index (χ0) is 16.0. The van der Waals surface area contributed by atoms with Crippen LogP contribution in [0.1, 0.15) is 26.7 Å². The normalized spacial score (nSPS) is 16.9. The largest absolute Gasteiger partial charge is 0.491 e. The number of benzene rings is 1. The van der Waals surface area contributed by atoms with E-state index in [1.54, 1.807) is 7.11 Å². The summed E-state index contributed by atoms with van der Waals surface area (Å²) < 4.78 is 16.2. The van der Waals surface area contributed by atoms with Gasteiger partial charge in [0, 0.05) is 19.4 Å². The van der Waals surface area contributed by atoms with Crippen LogP contribution in [-0.4, -0.2) is 38.4 Å². The van der Waals surface area contributed by atoms with Crippen LogP contribution in [0.4, 0.5) is 5.69 Å². The van der Waals surface area contributed by atoms with E-state index in [-0.39, 0.29) is 5.91 Å². The third kappa shape index (κ3) is 4.21. The van der Waals surface area contributed by atoms with Gasteiger partial charge in [-0.3, -0.25) is 4.79 Å². The van der Waals surface area contributed by atoms with Crippen molar-refractivity contribution in [3.05, 3.63) is 24.3 Å². The lowest BCUT2D eigenvalue weighted by atomic mass is 9.99. The van der Waals surface area contributed by atoms with Gasteiger partial charge in [0.05, 0.1) is 6.61 Å². The van der Waals surface area contributed by atoms with Crippen molar-refractivity contribution in [1.29, 1.82) is 0 Å². The van der Waals surface area contributed by atoms with Gasteiger partial charge in [-0.15, -0.1) is 0 Å². The summed E-state index contributed by atoms with van der Waals surface area (Å²) in [4.78, 5) is 12.4. The summed E-state index contributed by atoms with van der Waals surface area (Å²) >= 11 is 0. The first-order valence-corrected chi connectivity index (χ1v) is 7.77. The second-order valence-corrected chi connectivity index (χ2v) is 5.61. The summed E-state index contributed by atoms with van der Waals surface area (Å²) in [5, 5.41) is 2.91. The summed E-state index contributed by atoms with van der Waals surface area (Å²) in [6, 6.07) is 7.33. The minimum Gasteiger partial charge on any atom is -0.491 e. The van der Waals surface area contributed by atoms with E-state index < -0.39 is 5.60 Å². The monoisotopic (exact) mass is 307 g/mol. The first-order chi connectivity index (χ1) is 10.6. The Morgan fingerprint density at radius 2 is 1.95 bits per heavy atom. The zero-order valence-electron chi connectivity index (χ0n) is 13.6. The third-order valence-electron chi connectivity index (χ3n) is 4.04. The molecule has 1 amide bonds. The van der Waals surface area contributed by atoms with E-state index in [4.69, 9.17) is 14.2 Å². The second kappa shape index (κ2) is 7.61. The molecule has 1 fully saturated rings. The summed E-state index contributed by atoms with van der Waals surface area (Å²) in [6.45, 7) is 5.58. The highest BCUT2D eigenvalue weighted by atomic mass is 16.5. The molecule has 1 saturated carbocycles. The van der Waals surface area contributed by atoms with Gasteiger partial charge in [-0.05, 0) is 56.9 Å². The molecule has 0 heterocycles. The standard InChI is InChI=1S/C17H25NO4/c1-4-21-11-12-22-15-9-7-14(8-10-15)18-16(19)17(2,20-3)13-5-6-13/h7-10,13H,4-6,11-12H2,1-3H3,(H,18,19)/t17-/m0/s1. The highest BCUT2D eigenvalue weighted by molar-refractivity contribution is 5.97. The smallest absolute Gasteiger partial charge is 0.256 e. The van der Waals surface area contributed by atoms with Crippen LogP contribution in [0.15, 0.2) is 24.3 Å². The Morgan fingerprint density at radius 3 is 2.50 bits per heavy atom. The first-order valence-electron chi connectivity index (χ1n) is 7.77. The number of carbonyl (C=O) groups is 1. The predicted molar refractivity (Wildman–Crippen MR) is 85.2 cm³/mol. The summed E-state index contributed by atoms with van der Waals surface area (Å²) in [5.41, 5.74) is -0.00165. The number of ether oxygens (including phenoxy) is 3. The van der Waals surface area contributed by atoms with Crippen LogP contribution in [0.2, 0.25) is 0 Å². The van der Waals surface area contributed by atoms with Gasteiger partial charge in [0.15, 0.2) is 0 Å². The van der Waals surface area contributed by atoms with Crippen LogP contribution in [0.25, 0.3) is 0 Å². The molecule has 122 valence electrons. The number of amides is 1. The Hall–Kier alpha value is -1.59. The molecule has 2 rings (SSSR count). The topological polar surface area (TPSA) is 56.8 Å². The van der Waals surface area contributed by atoms with Gasteiger partial charge in [-0.2, -0.15) is 0 Å². The number of rotatable bonds is 9. The van der Waals surface area contributed by atoms with Crippen LogP contribution < -0.4 is 10.1 Å². The fourth-order valence-corrected chi connectivity index (χ4v) is 2.33. The molecule has 22 heavy (non-hydrogen) atoms. The van der Waals surface area contributed by atoms with Crippen LogP contribution in [-0.2, 0) is 14.3 Å². The van der Waals surface area contributed by atoms with E-state index in [0.717, 1.165) is 24.3 Å². The molecule has 0 aliphatic heterocycles. The molecule has 5 heteroatoms. The Labute approximate surface area is 131 Å². The fraction of sp³-hybridized carbons (Fsp3) is 0.588. The van der Waals surface area contributed by atoms with Crippen molar-refractivity contribution >= 4 is 11.6 Å². The van der Waals surface area contributed by atoms with Crippen molar-refractivity contribution in [3.8, 4) is 5.75 Å². The minimum atomic E-state index is -0.743. The number of hydrogen-bond donors (Lipinski definition) is 1. The summed E-state index contributed by atoms with van der Waals surface area (Å²) in [6.07, 6.45) is 2.09. The lowest BCUT2D eigenvalue weighted by Gasteiger charge is -2.26. The first kappa shape index (κ1) is 16.8. The quantitative estimate of drug-likeness (QED) is 0.713. The molecular formula is C17H25NO4. The van der Waals surface area contributed by atoms with Crippen LogP contribution in [0.3, 0.4) is 0 Å². The maximum atomic E-state index is 12.4. The predicted octanol–water partition coefficient (Wildman–Crippen LogP) is 2.86. The van der Waals surface area contributed by atoms with Crippen molar-refractivity contribution in [1.82, 2.24) is 0 Å². The van der Waals surface area contributed by atoms with Gasteiger partial charge >= 0.3 is 0 Å². The third-order valence-corrected chi connectivity index (χ3v) is 4.04. The molecule has 0 radical (unpaired) electrons. The molecule has 0 saturated heterocycles. The maximum Gasteiger partial charge on any atom is 0.256 e. The Kier molecular flexibility index (Phi) is 5.80. The van der Waals surface area contributed by atoms with E-state index in [1.807, 2.05) is 38.1 Å². The van der Waals surface area contributed by atoms with Gasteiger partial charge in [0.2, 0.25) is 0 Å². The number of hydrogen-bond acceptors (Lipinski definition) is 4. The molecule has 1 aliphatic rings. The minimum absolute atomic E-state index is 0.0949. The number of nitrogens with one attached hydrogen (secondary N) is 1. The zero-order valence-corrected chi connectivity index (χ0v) is 13.6. The van der Waals surface area contributed by atoms with Crippen molar-refractivity contribution in [2.24, 2.45) is 5.92 Å². The molecule has 1 aliphatic carbocycles. The molecule has 0 bridgehead atoms. The molecule has 1 aromatic rings. The van der Waals surface area contributed by atoms with Crippen molar-refractivity contribution in [3.63, 3.8) is 0 Å². The van der Waals surface area contributed by atoms with Crippen LogP contribution >= 0.6 is 0 Å². The van der Waals surface area contributed by atoms with Gasteiger partial charge in [0.25, 0.3) is 5.91 Å². The lowest BCUT2D eigenvalue weighted by molar-refractivity contribution is -0.138. The molecule has 5 nitrogen and oxygen atoms in total. The van der Waals surface area contributed by atoms with Crippen molar-refractivity contribution in [2.45, 2.75) is 32.3 Å². The SMILES string of the molecule is CCOCCOc1ccc(NC(=O)[C@@](C)(OC)C2CC2)cc1. The molecule has 1 aromatic carbocycles. The van der Waals surface area contributed by atoms with E-state index in [1.165, 1.54) is 0 Å². The molecule has 1 N–H and O–H groups in total. The van der Waals surface area contributed by atoms with E-state index in [9.17, 15) is 4.79 Å².